The zero-order valence-corrected chi connectivity index (χ0v) is 12.8. The molecule has 0 saturated heterocycles. The van der Waals surface area contributed by atoms with Gasteiger partial charge in [0.05, 0.1) is 0 Å². The van der Waals surface area contributed by atoms with Crippen LogP contribution in [0.5, 0.6) is 0 Å². The van der Waals surface area contributed by atoms with Crippen LogP contribution >= 0.6 is 8.25 Å². The van der Waals surface area contributed by atoms with Gasteiger partial charge < -0.3 is 18.9 Å². The zero-order chi connectivity index (χ0) is 15.2. The van der Waals surface area contributed by atoms with Gasteiger partial charge in [0.2, 0.25) is 12.0 Å². The Labute approximate surface area is 118 Å². The first-order valence-electron chi connectivity index (χ1n) is 6.60. The summed E-state index contributed by atoms with van der Waals surface area (Å²) in [5, 5.41) is 0. The van der Waals surface area contributed by atoms with Crippen LogP contribution in [-0.4, -0.2) is 43.5 Å². The number of carbonyl (C=O) groups is 1. The predicted molar refractivity (Wildman–Crippen MR) is 70.4 cm³/mol. The number of ketones is 1. The second-order valence-electron chi connectivity index (χ2n) is 4.85. The van der Waals surface area contributed by atoms with Crippen molar-refractivity contribution in [2.24, 2.45) is 5.92 Å². The van der Waals surface area contributed by atoms with Gasteiger partial charge in [-0.3, -0.25) is 9.36 Å². The fourth-order valence-electron chi connectivity index (χ4n) is 2.77. The van der Waals surface area contributed by atoms with E-state index < -0.39 is 32.6 Å². The minimum Gasteiger partial charge on any atom is -0.350 e. The van der Waals surface area contributed by atoms with Gasteiger partial charge in [0.1, 0.15) is 6.61 Å². The highest BCUT2D eigenvalue weighted by Crippen LogP contribution is 2.39. The molecule has 0 bridgehead atoms. The van der Waals surface area contributed by atoms with Crippen LogP contribution < -0.4 is 0 Å². The molecule has 1 N–H and O–H groups in total. The molecule has 0 spiro atoms. The third-order valence-electron chi connectivity index (χ3n) is 3.79. The van der Waals surface area contributed by atoms with Crippen molar-refractivity contribution in [1.29, 1.82) is 0 Å². The Bertz CT molecular complexity index is 341. The number of ether oxygens (including phenoxy) is 2. The van der Waals surface area contributed by atoms with Crippen molar-refractivity contribution in [3.05, 3.63) is 0 Å². The van der Waals surface area contributed by atoms with Gasteiger partial charge in [-0.2, -0.15) is 0 Å². The number of carbonyl (C=O) groups excluding carboxylic acids is 1. The lowest BCUT2D eigenvalue weighted by molar-refractivity contribution is -0.272. The summed E-state index contributed by atoms with van der Waals surface area (Å²) in [6.07, 6.45) is 2.31. The molecule has 1 fully saturated rings. The first-order chi connectivity index (χ1) is 9.47. The maximum absolute atomic E-state index is 14.5. The molecular formula is C12H22FO6P. The van der Waals surface area contributed by atoms with Crippen molar-refractivity contribution in [2.75, 3.05) is 20.8 Å². The van der Waals surface area contributed by atoms with Crippen LogP contribution in [0.3, 0.4) is 0 Å². The summed E-state index contributed by atoms with van der Waals surface area (Å²) in [5.41, 5.74) is 0. The maximum Gasteiger partial charge on any atom is 0.317 e. The van der Waals surface area contributed by atoms with Gasteiger partial charge >= 0.3 is 8.25 Å². The third kappa shape index (κ3) is 4.09. The maximum atomic E-state index is 14.5. The van der Waals surface area contributed by atoms with E-state index in [1.807, 2.05) is 0 Å². The van der Waals surface area contributed by atoms with Crippen molar-refractivity contribution < 1.29 is 32.6 Å². The first kappa shape index (κ1) is 17.7. The molecule has 6 nitrogen and oxygen atoms in total. The Morgan fingerprint density at radius 2 is 1.90 bits per heavy atom. The molecule has 1 aliphatic carbocycles. The van der Waals surface area contributed by atoms with Crippen molar-refractivity contribution in [2.45, 2.75) is 44.1 Å². The summed E-state index contributed by atoms with van der Waals surface area (Å²) in [5.74, 6) is -2.82. The smallest absolute Gasteiger partial charge is 0.317 e. The fourth-order valence-corrected chi connectivity index (χ4v) is 3.03. The normalized spacial score (nSPS) is 20.6. The van der Waals surface area contributed by atoms with Gasteiger partial charge in [-0.15, -0.1) is 0 Å². The minimum absolute atomic E-state index is 0.226. The van der Waals surface area contributed by atoms with Crippen molar-refractivity contribution in [3.63, 3.8) is 0 Å². The number of rotatable bonds is 8. The Balaban J connectivity index is 2.81. The SMILES string of the molecule is COC(OC)(C1CCCCC1)C(F)C(=O)CO[PH](=O)O. The van der Waals surface area contributed by atoms with Crippen LogP contribution in [0.25, 0.3) is 0 Å². The van der Waals surface area contributed by atoms with Gasteiger partial charge in [-0.05, 0) is 12.8 Å². The van der Waals surface area contributed by atoms with Crippen LogP contribution in [0.1, 0.15) is 32.1 Å². The highest BCUT2D eigenvalue weighted by molar-refractivity contribution is 7.32. The Hall–Kier alpha value is -0.330. The molecule has 0 aromatic heterocycles. The molecule has 2 unspecified atom stereocenters. The molecule has 118 valence electrons. The lowest BCUT2D eigenvalue weighted by Gasteiger charge is -2.41. The third-order valence-corrected chi connectivity index (χ3v) is 4.18. The highest BCUT2D eigenvalue weighted by Gasteiger charge is 2.50. The number of alkyl halides is 1. The lowest BCUT2D eigenvalue weighted by atomic mass is 9.80. The first-order valence-corrected chi connectivity index (χ1v) is 7.87. The molecule has 0 aromatic rings. The number of hydrogen-bond acceptors (Lipinski definition) is 5. The monoisotopic (exact) mass is 312 g/mol. The van der Waals surface area contributed by atoms with Crippen LogP contribution in [0.4, 0.5) is 4.39 Å². The van der Waals surface area contributed by atoms with Crippen molar-refractivity contribution in [3.8, 4) is 0 Å². The summed E-state index contributed by atoms with van der Waals surface area (Å²) < 4.78 is 39.7. The van der Waals surface area contributed by atoms with E-state index in [0.717, 1.165) is 19.3 Å². The van der Waals surface area contributed by atoms with Gasteiger partial charge in [-0.25, -0.2) is 4.39 Å². The number of methoxy groups -OCH3 is 2. The van der Waals surface area contributed by atoms with Gasteiger partial charge in [0.15, 0.2) is 5.78 Å². The molecular weight excluding hydrogens is 290 g/mol. The molecule has 0 aromatic carbocycles. The van der Waals surface area contributed by atoms with E-state index in [1.165, 1.54) is 14.2 Å². The molecule has 20 heavy (non-hydrogen) atoms. The van der Waals surface area contributed by atoms with E-state index in [2.05, 4.69) is 4.52 Å². The van der Waals surface area contributed by atoms with Gasteiger partial charge in [0, 0.05) is 20.1 Å². The van der Waals surface area contributed by atoms with E-state index >= 15 is 0 Å². The Morgan fingerprint density at radius 3 is 2.35 bits per heavy atom. The minimum atomic E-state index is -3.26. The predicted octanol–water partition coefficient (Wildman–Crippen LogP) is 1.86. The van der Waals surface area contributed by atoms with E-state index in [1.54, 1.807) is 0 Å². The summed E-state index contributed by atoms with van der Waals surface area (Å²) in [4.78, 5) is 20.3. The van der Waals surface area contributed by atoms with E-state index in [9.17, 15) is 13.8 Å². The fraction of sp³-hybridized carbons (Fsp3) is 0.917. The number of halogens is 1. The molecule has 1 rings (SSSR count). The second kappa shape index (κ2) is 8.20. The molecule has 0 aliphatic heterocycles. The van der Waals surface area contributed by atoms with E-state index in [0.29, 0.717) is 12.8 Å². The number of Topliss-reactive ketones (excluding diaryl/α,β-unsaturated/α-hetero) is 1. The molecule has 0 radical (unpaired) electrons. The summed E-state index contributed by atoms with van der Waals surface area (Å²) >= 11 is 0. The molecule has 8 heteroatoms. The molecule has 1 saturated carbocycles. The topological polar surface area (TPSA) is 82.1 Å². The van der Waals surface area contributed by atoms with Crippen LogP contribution in [0.2, 0.25) is 0 Å². The average Bonchev–Trinajstić information content (AvgIpc) is 2.47. The van der Waals surface area contributed by atoms with Gasteiger partial charge in [0.25, 0.3) is 0 Å². The second-order valence-corrected chi connectivity index (χ2v) is 5.67. The Morgan fingerprint density at radius 1 is 1.35 bits per heavy atom. The highest BCUT2D eigenvalue weighted by atomic mass is 31.1. The van der Waals surface area contributed by atoms with Crippen molar-refractivity contribution >= 4 is 14.0 Å². The largest absolute Gasteiger partial charge is 0.350 e. The summed E-state index contributed by atoms with van der Waals surface area (Å²) in [6, 6.07) is 0. The average molecular weight is 312 g/mol. The van der Waals surface area contributed by atoms with E-state index in [4.69, 9.17) is 14.4 Å². The summed E-state index contributed by atoms with van der Waals surface area (Å²) in [6.45, 7) is -0.767. The molecule has 1 aliphatic rings. The zero-order valence-electron chi connectivity index (χ0n) is 11.8. The van der Waals surface area contributed by atoms with Crippen molar-refractivity contribution in [1.82, 2.24) is 0 Å². The lowest BCUT2D eigenvalue weighted by Crippen LogP contribution is -2.54. The molecule has 0 heterocycles. The van der Waals surface area contributed by atoms with Gasteiger partial charge in [-0.1, -0.05) is 19.3 Å². The number of hydrogen-bond donors (Lipinski definition) is 1. The standard InChI is InChI=1S/C12H22FO6P/c1-17-12(18-2,9-6-4-3-5-7-9)11(13)10(14)8-19-20(15)16/h9,11,20H,3-8H2,1-2H3,(H,15,16). The van der Waals surface area contributed by atoms with Crippen LogP contribution in [-0.2, 0) is 23.4 Å². The molecule has 0 amide bonds. The van der Waals surface area contributed by atoms with Crippen LogP contribution in [0, 0.1) is 5.92 Å². The Kier molecular flexibility index (Phi) is 7.26. The van der Waals surface area contributed by atoms with Crippen LogP contribution in [0.15, 0.2) is 0 Å². The van der Waals surface area contributed by atoms with E-state index in [-0.39, 0.29) is 5.92 Å². The summed E-state index contributed by atoms with van der Waals surface area (Å²) in [7, 11) is -0.666. The quantitative estimate of drug-likeness (QED) is 0.544. The molecule has 2 atom stereocenters.